The minimum atomic E-state index is -0.571. The number of hydrogen-bond donors (Lipinski definition) is 1. The van der Waals surface area contributed by atoms with Crippen LogP contribution in [0.2, 0.25) is 0 Å². The number of nitrogens with zero attached hydrogens (tertiary/aromatic N) is 2. The number of rotatable bonds is 5. The van der Waals surface area contributed by atoms with Gasteiger partial charge in [0.2, 0.25) is 5.88 Å². The van der Waals surface area contributed by atoms with Gasteiger partial charge < -0.3 is 10.1 Å². The van der Waals surface area contributed by atoms with Gasteiger partial charge in [0.25, 0.3) is 0 Å². The van der Waals surface area contributed by atoms with Crippen molar-refractivity contribution < 1.29 is 13.5 Å². The van der Waals surface area contributed by atoms with Gasteiger partial charge in [-0.1, -0.05) is 0 Å². The summed E-state index contributed by atoms with van der Waals surface area (Å²) in [6.07, 6.45) is 1.87. The largest absolute Gasteiger partial charge is 0.481 e. The second-order valence-corrected chi connectivity index (χ2v) is 3.90. The van der Waals surface area contributed by atoms with E-state index in [1.165, 1.54) is 25.6 Å². The summed E-state index contributed by atoms with van der Waals surface area (Å²) >= 11 is 0. The Morgan fingerprint density at radius 2 is 1.84 bits per heavy atom. The molecule has 0 saturated carbocycles. The summed E-state index contributed by atoms with van der Waals surface area (Å²) in [6, 6.07) is 5.12. The Labute approximate surface area is 109 Å². The number of anilines is 1. The van der Waals surface area contributed by atoms with Gasteiger partial charge in [0.1, 0.15) is 23.8 Å². The maximum Gasteiger partial charge on any atom is 0.218 e. The van der Waals surface area contributed by atoms with Crippen LogP contribution in [0, 0.1) is 11.6 Å². The third kappa shape index (κ3) is 3.87. The Morgan fingerprint density at radius 3 is 2.53 bits per heavy atom. The van der Waals surface area contributed by atoms with Crippen molar-refractivity contribution in [3.8, 4) is 5.88 Å². The minimum Gasteiger partial charge on any atom is -0.481 e. The normalized spacial score (nSPS) is 10.3. The fourth-order valence-electron chi connectivity index (χ4n) is 1.64. The lowest BCUT2D eigenvalue weighted by Gasteiger charge is -2.06. The Balaban J connectivity index is 1.92. The highest BCUT2D eigenvalue weighted by Gasteiger charge is 2.02. The lowest BCUT2D eigenvalue weighted by Crippen LogP contribution is -2.07. The molecule has 2 rings (SSSR count). The van der Waals surface area contributed by atoms with Crippen molar-refractivity contribution in [2.45, 2.75) is 6.42 Å². The van der Waals surface area contributed by atoms with E-state index in [1.807, 2.05) is 0 Å². The van der Waals surface area contributed by atoms with Crippen molar-refractivity contribution in [2.75, 3.05) is 19.0 Å². The Morgan fingerprint density at radius 1 is 1.11 bits per heavy atom. The highest BCUT2D eigenvalue weighted by atomic mass is 19.1. The second-order valence-electron chi connectivity index (χ2n) is 3.90. The molecule has 0 amide bonds. The zero-order chi connectivity index (χ0) is 13.7. The minimum absolute atomic E-state index is 0.453. The summed E-state index contributed by atoms with van der Waals surface area (Å²) in [7, 11) is 1.52. The zero-order valence-corrected chi connectivity index (χ0v) is 10.4. The Hall–Kier alpha value is -2.24. The number of ether oxygens (including phenoxy) is 1. The maximum absolute atomic E-state index is 13.0. The molecule has 0 fully saturated rings. The molecule has 0 aliphatic carbocycles. The second kappa shape index (κ2) is 6.08. The van der Waals surface area contributed by atoms with Crippen LogP contribution < -0.4 is 10.1 Å². The molecule has 0 aliphatic heterocycles. The van der Waals surface area contributed by atoms with E-state index in [2.05, 4.69) is 15.3 Å². The molecule has 0 saturated heterocycles. The fraction of sp³-hybridized carbons (Fsp3) is 0.231. The molecule has 1 N–H and O–H groups in total. The number of halogens is 2. The van der Waals surface area contributed by atoms with E-state index >= 15 is 0 Å². The molecule has 0 unspecified atom stereocenters. The highest BCUT2D eigenvalue weighted by molar-refractivity contribution is 5.37. The first kappa shape index (κ1) is 13.2. The molecule has 100 valence electrons. The molecule has 19 heavy (non-hydrogen) atoms. The quantitative estimate of drug-likeness (QED) is 0.902. The van der Waals surface area contributed by atoms with Gasteiger partial charge in [-0.25, -0.2) is 18.7 Å². The Kier molecular flexibility index (Phi) is 4.22. The van der Waals surface area contributed by atoms with Crippen LogP contribution in [0.4, 0.5) is 14.6 Å². The number of hydrogen-bond acceptors (Lipinski definition) is 4. The molecule has 4 nitrogen and oxygen atoms in total. The molecule has 0 atom stereocenters. The molecule has 0 spiro atoms. The third-order valence-electron chi connectivity index (χ3n) is 2.49. The molecule has 2 aromatic rings. The van der Waals surface area contributed by atoms with Gasteiger partial charge in [-0.3, -0.25) is 0 Å². The molecule has 1 heterocycles. The predicted molar refractivity (Wildman–Crippen MR) is 67.1 cm³/mol. The van der Waals surface area contributed by atoms with E-state index in [4.69, 9.17) is 4.74 Å². The summed E-state index contributed by atoms with van der Waals surface area (Å²) in [5.41, 5.74) is 0.589. The molecular weight excluding hydrogens is 252 g/mol. The van der Waals surface area contributed by atoms with Crippen molar-refractivity contribution in [1.82, 2.24) is 9.97 Å². The van der Waals surface area contributed by atoms with Crippen LogP contribution in [0.25, 0.3) is 0 Å². The molecule has 0 radical (unpaired) electrons. The molecule has 0 bridgehead atoms. The van der Waals surface area contributed by atoms with Crippen molar-refractivity contribution >= 4 is 5.82 Å². The van der Waals surface area contributed by atoms with Gasteiger partial charge in [0, 0.05) is 18.7 Å². The number of methoxy groups -OCH3 is 1. The smallest absolute Gasteiger partial charge is 0.218 e. The SMILES string of the molecule is COc1cc(NCCc2cc(F)cc(F)c2)ncn1. The number of benzene rings is 1. The average molecular weight is 265 g/mol. The van der Waals surface area contributed by atoms with Gasteiger partial charge in [-0.05, 0) is 24.1 Å². The summed E-state index contributed by atoms with van der Waals surface area (Å²) in [5.74, 6) is -0.0876. The van der Waals surface area contributed by atoms with Gasteiger partial charge in [0.05, 0.1) is 7.11 Å². The van der Waals surface area contributed by atoms with Crippen LogP contribution in [0.15, 0.2) is 30.6 Å². The lowest BCUT2D eigenvalue weighted by molar-refractivity contribution is 0.397. The summed E-state index contributed by atoms with van der Waals surface area (Å²) < 4.78 is 30.9. The van der Waals surface area contributed by atoms with Gasteiger partial charge in [-0.15, -0.1) is 0 Å². The summed E-state index contributed by atoms with van der Waals surface area (Å²) in [4.78, 5) is 7.88. The van der Waals surface area contributed by atoms with Gasteiger partial charge in [-0.2, -0.15) is 0 Å². The lowest BCUT2D eigenvalue weighted by atomic mass is 10.1. The van der Waals surface area contributed by atoms with E-state index in [0.717, 1.165) is 6.07 Å². The topological polar surface area (TPSA) is 47.0 Å². The van der Waals surface area contributed by atoms with Crippen LogP contribution in [-0.4, -0.2) is 23.6 Å². The van der Waals surface area contributed by atoms with Crippen LogP contribution >= 0.6 is 0 Å². The van der Waals surface area contributed by atoms with Gasteiger partial charge >= 0.3 is 0 Å². The summed E-state index contributed by atoms with van der Waals surface area (Å²) in [5, 5.41) is 3.03. The molecule has 0 aliphatic rings. The third-order valence-corrected chi connectivity index (χ3v) is 2.49. The van der Waals surface area contributed by atoms with Crippen LogP contribution in [0.1, 0.15) is 5.56 Å². The van der Waals surface area contributed by atoms with E-state index in [9.17, 15) is 8.78 Å². The van der Waals surface area contributed by atoms with E-state index < -0.39 is 11.6 Å². The number of aromatic nitrogens is 2. The average Bonchev–Trinajstić information content (AvgIpc) is 2.38. The van der Waals surface area contributed by atoms with E-state index in [0.29, 0.717) is 30.2 Å². The Bertz CT molecular complexity index is 543. The molecule has 1 aromatic carbocycles. The van der Waals surface area contributed by atoms with Crippen molar-refractivity contribution in [2.24, 2.45) is 0 Å². The van der Waals surface area contributed by atoms with Crippen molar-refractivity contribution in [3.63, 3.8) is 0 Å². The fourth-order valence-corrected chi connectivity index (χ4v) is 1.64. The first-order chi connectivity index (χ1) is 9.17. The predicted octanol–water partition coefficient (Wildman–Crippen LogP) is 2.42. The van der Waals surface area contributed by atoms with Crippen molar-refractivity contribution in [3.05, 3.63) is 47.8 Å². The first-order valence-corrected chi connectivity index (χ1v) is 5.72. The number of nitrogens with one attached hydrogen (secondary N) is 1. The first-order valence-electron chi connectivity index (χ1n) is 5.72. The van der Waals surface area contributed by atoms with Crippen LogP contribution in [0.3, 0.4) is 0 Å². The van der Waals surface area contributed by atoms with Crippen molar-refractivity contribution in [1.29, 1.82) is 0 Å². The van der Waals surface area contributed by atoms with Gasteiger partial charge in [0.15, 0.2) is 0 Å². The van der Waals surface area contributed by atoms with E-state index in [-0.39, 0.29) is 0 Å². The molecule has 1 aromatic heterocycles. The maximum atomic E-state index is 13.0. The van der Waals surface area contributed by atoms with E-state index in [1.54, 1.807) is 6.07 Å². The molecular formula is C13H13F2N3O. The summed E-state index contributed by atoms with van der Waals surface area (Å²) in [6.45, 7) is 0.503. The standard InChI is InChI=1S/C13H13F2N3O/c1-19-13-7-12(17-8-18-13)16-3-2-9-4-10(14)6-11(15)5-9/h4-8H,2-3H2,1H3,(H,16,17,18). The van der Waals surface area contributed by atoms with Crippen LogP contribution in [0.5, 0.6) is 5.88 Å². The zero-order valence-electron chi connectivity index (χ0n) is 10.4. The highest BCUT2D eigenvalue weighted by Crippen LogP contribution is 2.11. The molecule has 6 heteroatoms. The monoisotopic (exact) mass is 265 g/mol. The van der Waals surface area contributed by atoms with Crippen LogP contribution in [-0.2, 0) is 6.42 Å².